The third-order valence-corrected chi connectivity index (χ3v) is 5.29. The molecule has 0 spiro atoms. The fourth-order valence-corrected chi connectivity index (χ4v) is 3.52. The third kappa shape index (κ3) is 3.48. The molecule has 0 aliphatic carbocycles. The quantitative estimate of drug-likeness (QED) is 0.704. The van der Waals surface area contributed by atoms with E-state index >= 15 is 0 Å². The number of aryl methyl sites for hydroxylation is 1. The number of hydrogen-bond acceptors (Lipinski definition) is 7. The van der Waals surface area contributed by atoms with Crippen LogP contribution in [0, 0.1) is 5.92 Å². The molecule has 0 radical (unpaired) electrons. The Morgan fingerprint density at radius 3 is 2.10 bits per heavy atom. The summed E-state index contributed by atoms with van der Waals surface area (Å²) in [5.74, 6) is -5.43. The van der Waals surface area contributed by atoms with Crippen LogP contribution in [0.4, 0.5) is 4.79 Å². The average Bonchev–Trinajstić information content (AvgIpc) is 2.76. The van der Waals surface area contributed by atoms with Crippen LogP contribution in [-0.4, -0.2) is 52.0 Å². The van der Waals surface area contributed by atoms with Crippen LogP contribution in [0.5, 0.6) is 5.75 Å². The molecule has 9 heteroatoms. The fourth-order valence-electron chi connectivity index (χ4n) is 3.52. The smallest absolute Gasteiger partial charge is 0.332 e. The van der Waals surface area contributed by atoms with Crippen molar-refractivity contribution in [2.45, 2.75) is 25.9 Å². The van der Waals surface area contributed by atoms with E-state index in [4.69, 9.17) is 4.42 Å². The largest absolute Gasteiger partial charge is 0.502 e. The van der Waals surface area contributed by atoms with Gasteiger partial charge in [-0.25, -0.2) is 4.79 Å². The summed E-state index contributed by atoms with van der Waals surface area (Å²) < 4.78 is 5.53. The van der Waals surface area contributed by atoms with Gasteiger partial charge in [0.1, 0.15) is 18.3 Å². The summed E-state index contributed by atoms with van der Waals surface area (Å²) in [7, 11) is 2.50. The van der Waals surface area contributed by atoms with Crippen LogP contribution < -0.4 is 5.43 Å². The van der Waals surface area contributed by atoms with Gasteiger partial charge in [0.2, 0.25) is 23.0 Å². The molecule has 1 saturated heterocycles. The highest BCUT2D eigenvalue weighted by Crippen LogP contribution is 2.39. The first kappa shape index (κ1) is 21.3. The zero-order valence-electron chi connectivity index (χ0n) is 16.8. The molecule has 158 valence electrons. The molecule has 1 fully saturated rings. The minimum absolute atomic E-state index is 0.128. The molecule has 2 heterocycles. The van der Waals surface area contributed by atoms with Crippen LogP contribution in [0.1, 0.15) is 35.5 Å². The average molecular weight is 414 g/mol. The summed E-state index contributed by atoms with van der Waals surface area (Å²) in [5.41, 5.74) is 0.616. The summed E-state index contributed by atoms with van der Waals surface area (Å²) in [4.78, 5) is 51.9. The normalized spacial score (nSPS) is 16.3. The van der Waals surface area contributed by atoms with E-state index in [1.165, 1.54) is 14.1 Å². The first-order chi connectivity index (χ1) is 14.2. The minimum atomic E-state index is -1.45. The van der Waals surface area contributed by atoms with E-state index in [1.54, 1.807) is 24.3 Å². The number of aromatic hydroxyl groups is 1. The second-order valence-corrected chi connectivity index (χ2v) is 7.08. The van der Waals surface area contributed by atoms with Crippen molar-refractivity contribution in [1.29, 1.82) is 0 Å². The van der Waals surface area contributed by atoms with Crippen molar-refractivity contribution in [2.75, 3.05) is 14.1 Å². The molecule has 1 aromatic heterocycles. The molecule has 3 rings (SSSR count). The SMILES string of the molecule is CCc1ccc(C(c2oc(CO)cc(=O)c2O)C2C(=O)N(C)C(=O)N(C)C2=O)cc1. The Morgan fingerprint density at radius 2 is 1.60 bits per heavy atom. The highest BCUT2D eigenvalue weighted by Gasteiger charge is 2.49. The molecule has 2 N–H and O–H groups in total. The van der Waals surface area contributed by atoms with E-state index < -0.39 is 47.5 Å². The lowest BCUT2D eigenvalue weighted by molar-refractivity contribution is -0.148. The summed E-state index contributed by atoms with van der Waals surface area (Å²) in [6.45, 7) is 1.35. The van der Waals surface area contributed by atoms with Crippen molar-refractivity contribution < 1.29 is 29.0 Å². The summed E-state index contributed by atoms with van der Waals surface area (Å²) in [5, 5.41) is 19.9. The number of rotatable bonds is 5. The van der Waals surface area contributed by atoms with Crippen molar-refractivity contribution >= 4 is 17.8 Å². The van der Waals surface area contributed by atoms with Gasteiger partial charge in [0, 0.05) is 20.2 Å². The highest BCUT2D eigenvalue weighted by molar-refractivity contribution is 6.16. The second-order valence-electron chi connectivity index (χ2n) is 7.08. The van der Waals surface area contributed by atoms with Crippen LogP contribution >= 0.6 is 0 Å². The van der Waals surface area contributed by atoms with Crippen LogP contribution in [-0.2, 0) is 22.6 Å². The Morgan fingerprint density at radius 1 is 1.03 bits per heavy atom. The van der Waals surface area contributed by atoms with Crippen LogP contribution in [0.15, 0.2) is 39.5 Å². The van der Waals surface area contributed by atoms with Crippen molar-refractivity contribution in [1.82, 2.24) is 9.80 Å². The second kappa shape index (κ2) is 8.11. The van der Waals surface area contributed by atoms with Crippen molar-refractivity contribution in [3.63, 3.8) is 0 Å². The monoisotopic (exact) mass is 414 g/mol. The Labute approximate surface area is 172 Å². The van der Waals surface area contributed by atoms with Gasteiger partial charge >= 0.3 is 6.03 Å². The lowest BCUT2D eigenvalue weighted by Gasteiger charge is -2.36. The van der Waals surface area contributed by atoms with Crippen molar-refractivity contribution in [2.24, 2.45) is 5.92 Å². The number of barbiturate groups is 1. The minimum Gasteiger partial charge on any atom is -0.502 e. The summed E-state index contributed by atoms with van der Waals surface area (Å²) in [6.07, 6.45) is 0.756. The molecule has 1 aliphatic heterocycles. The molecule has 9 nitrogen and oxygen atoms in total. The fraction of sp³-hybridized carbons (Fsp3) is 0.333. The molecule has 1 unspecified atom stereocenters. The number of amides is 4. The third-order valence-electron chi connectivity index (χ3n) is 5.29. The Bertz CT molecular complexity index is 1030. The highest BCUT2D eigenvalue weighted by atomic mass is 16.4. The van der Waals surface area contributed by atoms with Crippen LogP contribution in [0.3, 0.4) is 0 Å². The molecule has 1 aliphatic rings. The van der Waals surface area contributed by atoms with E-state index in [1.807, 2.05) is 6.92 Å². The first-order valence-corrected chi connectivity index (χ1v) is 9.35. The van der Waals surface area contributed by atoms with E-state index in [-0.39, 0.29) is 11.5 Å². The van der Waals surface area contributed by atoms with Gasteiger partial charge in [0.15, 0.2) is 5.76 Å². The van der Waals surface area contributed by atoms with Gasteiger partial charge < -0.3 is 14.6 Å². The predicted molar refractivity (Wildman–Crippen MR) is 105 cm³/mol. The Hall–Kier alpha value is -3.46. The van der Waals surface area contributed by atoms with Gasteiger partial charge in [-0.05, 0) is 17.5 Å². The Balaban J connectivity index is 2.27. The van der Waals surface area contributed by atoms with Gasteiger partial charge in [-0.2, -0.15) is 0 Å². The standard InChI is InChI=1S/C21H22N2O7/c1-4-11-5-7-12(8-6-11)15(18-17(26)14(25)9-13(10-24)30-18)16-19(27)22(2)21(29)23(3)20(16)28/h5-9,15-16,24,26H,4,10H2,1-3H3. The van der Waals surface area contributed by atoms with Crippen molar-refractivity contribution in [3.8, 4) is 5.75 Å². The van der Waals surface area contributed by atoms with Crippen LogP contribution in [0.2, 0.25) is 0 Å². The number of carbonyl (C=O) groups excluding carboxylic acids is 3. The maximum absolute atomic E-state index is 13.0. The number of benzene rings is 1. The molecular formula is C21H22N2O7. The van der Waals surface area contributed by atoms with E-state index in [0.29, 0.717) is 5.56 Å². The van der Waals surface area contributed by atoms with Gasteiger partial charge in [-0.15, -0.1) is 0 Å². The maximum Gasteiger partial charge on any atom is 0.332 e. The molecule has 2 aromatic rings. The maximum atomic E-state index is 13.0. The van der Waals surface area contributed by atoms with Crippen molar-refractivity contribution in [3.05, 3.63) is 63.2 Å². The number of urea groups is 1. The molecule has 4 amide bonds. The molecule has 1 atom stereocenters. The van der Waals surface area contributed by atoms with E-state index in [0.717, 1.165) is 27.9 Å². The molecule has 30 heavy (non-hydrogen) atoms. The molecule has 0 bridgehead atoms. The molecule has 1 aromatic carbocycles. The number of aliphatic hydroxyl groups excluding tert-OH is 1. The van der Waals surface area contributed by atoms with Crippen LogP contribution in [0.25, 0.3) is 0 Å². The predicted octanol–water partition coefficient (Wildman–Crippen LogP) is 1.20. The number of imide groups is 2. The van der Waals surface area contributed by atoms with Gasteiger partial charge in [-0.1, -0.05) is 31.2 Å². The van der Waals surface area contributed by atoms with E-state index in [2.05, 4.69) is 0 Å². The number of nitrogens with zero attached hydrogens (tertiary/aromatic N) is 2. The zero-order valence-corrected chi connectivity index (χ0v) is 16.8. The summed E-state index contributed by atoms with van der Waals surface area (Å²) >= 11 is 0. The Kier molecular flexibility index (Phi) is 5.75. The van der Waals surface area contributed by atoms with Gasteiger partial charge in [-0.3, -0.25) is 24.2 Å². The van der Waals surface area contributed by atoms with E-state index in [9.17, 15) is 29.4 Å². The first-order valence-electron chi connectivity index (χ1n) is 9.35. The molecule has 0 saturated carbocycles. The number of hydrogen-bond donors (Lipinski definition) is 2. The lowest BCUT2D eigenvalue weighted by atomic mass is 9.80. The van der Waals surface area contributed by atoms with Gasteiger partial charge in [0.05, 0.1) is 5.92 Å². The number of carbonyl (C=O) groups is 3. The molecular weight excluding hydrogens is 392 g/mol. The topological polar surface area (TPSA) is 128 Å². The lowest BCUT2D eigenvalue weighted by Crippen LogP contribution is -2.58. The van der Waals surface area contributed by atoms with Gasteiger partial charge in [0.25, 0.3) is 0 Å². The summed E-state index contributed by atoms with van der Waals surface area (Å²) in [6, 6.07) is 7.09. The number of aliphatic hydroxyl groups is 1. The zero-order chi connectivity index (χ0) is 22.2.